The van der Waals surface area contributed by atoms with Gasteiger partial charge in [-0.2, -0.15) is 15.4 Å². The topological polar surface area (TPSA) is 102 Å². The van der Waals surface area contributed by atoms with Crippen LogP contribution in [0.5, 0.6) is 0 Å². The Morgan fingerprint density at radius 1 is 0.913 bits per heavy atom. The molecule has 0 aliphatic heterocycles. The first-order chi connectivity index (χ1) is 11.0. The number of aromatic nitrogens is 3. The number of nitrogens with two attached hydrogens (primary N) is 1. The van der Waals surface area contributed by atoms with Crippen molar-refractivity contribution in [2.24, 2.45) is 5.14 Å². The van der Waals surface area contributed by atoms with Crippen molar-refractivity contribution < 1.29 is 8.42 Å². The Bertz CT molecular complexity index is 913. The van der Waals surface area contributed by atoms with Gasteiger partial charge in [-0.1, -0.05) is 42.5 Å². The minimum Gasteiger partial charge on any atom is -0.225 e. The molecule has 0 radical (unpaired) electrons. The van der Waals surface area contributed by atoms with Gasteiger partial charge in [-0.3, -0.25) is 0 Å². The van der Waals surface area contributed by atoms with E-state index < -0.39 is 10.0 Å². The fraction of sp³-hybridized carbons (Fsp3) is 0. The highest BCUT2D eigenvalue weighted by Crippen LogP contribution is 2.22. The molecule has 0 fully saturated rings. The number of hydrogen-bond acceptors (Lipinski definition) is 4. The van der Waals surface area contributed by atoms with Gasteiger partial charge in [-0.15, -0.1) is 0 Å². The summed E-state index contributed by atoms with van der Waals surface area (Å²) in [6, 6.07) is 14.4. The monoisotopic (exact) mass is 326 g/mol. The van der Waals surface area contributed by atoms with E-state index in [2.05, 4.69) is 15.4 Å². The number of primary sulfonamides is 1. The maximum Gasteiger partial charge on any atom is 0.238 e. The lowest BCUT2D eigenvalue weighted by Gasteiger charge is -2.04. The minimum atomic E-state index is -3.66. The largest absolute Gasteiger partial charge is 0.238 e. The quantitative estimate of drug-likeness (QED) is 0.768. The standard InChI is InChI=1S/C16H14N4O2S/c17-23(21,22)16-9-6-14(7-10-16)13-4-1-12(2-5-13)3-8-15-11-18-20-19-15/h1-11H,(H2,17,21,22)(H,18,19,20)/b8-3+. The maximum absolute atomic E-state index is 11.3. The van der Waals surface area contributed by atoms with Crippen LogP contribution in [0.3, 0.4) is 0 Å². The van der Waals surface area contributed by atoms with Crippen LogP contribution < -0.4 is 5.14 Å². The van der Waals surface area contributed by atoms with Gasteiger partial charge in [-0.05, 0) is 34.9 Å². The molecule has 116 valence electrons. The second kappa shape index (κ2) is 6.15. The lowest BCUT2D eigenvalue weighted by molar-refractivity contribution is 0.598. The summed E-state index contributed by atoms with van der Waals surface area (Å²) in [6.07, 6.45) is 5.43. The first-order valence-corrected chi connectivity index (χ1v) is 8.34. The van der Waals surface area contributed by atoms with Crippen LogP contribution in [-0.2, 0) is 10.0 Å². The van der Waals surface area contributed by atoms with E-state index in [1.807, 2.05) is 36.4 Å². The van der Waals surface area contributed by atoms with Crippen LogP contribution in [0, 0.1) is 0 Å². The number of rotatable bonds is 4. The van der Waals surface area contributed by atoms with Crippen LogP contribution in [0.1, 0.15) is 11.3 Å². The van der Waals surface area contributed by atoms with Crippen LogP contribution >= 0.6 is 0 Å². The number of sulfonamides is 1. The highest BCUT2D eigenvalue weighted by atomic mass is 32.2. The summed E-state index contributed by atoms with van der Waals surface area (Å²) in [5.74, 6) is 0. The molecule has 7 heteroatoms. The SMILES string of the molecule is NS(=O)(=O)c1ccc(-c2ccc(/C=C/c3cn[nH]n3)cc2)cc1. The Morgan fingerprint density at radius 3 is 2.04 bits per heavy atom. The van der Waals surface area contributed by atoms with E-state index in [4.69, 9.17) is 5.14 Å². The minimum absolute atomic E-state index is 0.105. The van der Waals surface area contributed by atoms with Crippen molar-refractivity contribution in [1.29, 1.82) is 0 Å². The predicted octanol–water partition coefficient (Wildman–Crippen LogP) is 2.29. The number of nitrogens with one attached hydrogen (secondary N) is 1. The Labute approximate surface area is 133 Å². The van der Waals surface area contributed by atoms with Crippen LogP contribution in [0.4, 0.5) is 0 Å². The molecular formula is C16H14N4O2S. The first-order valence-electron chi connectivity index (χ1n) is 6.79. The molecule has 2 aromatic carbocycles. The summed E-state index contributed by atoms with van der Waals surface area (Å²) in [4.78, 5) is 0.105. The van der Waals surface area contributed by atoms with Crippen LogP contribution in [0.25, 0.3) is 23.3 Å². The fourth-order valence-corrected chi connectivity index (χ4v) is 2.61. The summed E-state index contributed by atoms with van der Waals surface area (Å²) in [6.45, 7) is 0. The van der Waals surface area contributed by atoms with Gasteiger partial charge >= 0.3 is 0 Å². The van der Waals surface area contributed by atoms with Gasteiger partial charge in [0.2, 0.25) is 10.0 Å². The van der Waals surface area contributed by atoms with Gasteiger partial charge < -0.3 is 0 Å². The van der Waals surface area contributed by atoms with Gasteiger partial charge in [0.05, 0.1) is 11.1 Å². The summed E-state index contributed by atoms with van der Waals surface area (Å²) >= 11 is 0. The Morgan fingerprint density at radius 2 is 1.52 bits per heavy atom. The van der Waals surface area contributed by atoms with E-state index in [1.165, 1.54) is 12.1 Å². The van der Waals surface area contributed by atoms with E-state index in [0.29, 0.717) is 0 Å². The third-order valence-electron chi connectivity index (χ3n) is 3.31. The molecule has 3 N–H and O–H groups in total. The van der Waals surface area contributed by atoms with E-state index in [0.717, 1.165) is 22.4 Å². The number of aromatic amines is 1. The molecule has 3 rings (SSSR count). The normalized spacial score (nSPS) is 11.9. The van der Waals surface area contributed by atoms with Crippen molar-refractivity contribution in [3.8, 4) is 11.1 Å². The van der Waals surface area contributed by atoms with Gasteiger partial charge in [0.15, 0.2) is 0 Å². The third kappa shape index (κ3) is 3.71. The fourth-order valence-electron chi connectivity index (χ4n) is 2.10. The molecule has 6 nitrogen and oxygen atoms in total. The predicted molar refractivity (Wildman–Crippen MR) is 88.6 cm³/mol. The maximum atomic E-state index is 11.3. The van der Waals surface area contributed by atoms with Crippen molar-refractivity contribution >= 4 is 22.2 Å². The van der Waals surface area contributed by atoms with Gasteiger partial charge in [-0.25, -0.2) is 13.6 Å². The molecule has 0 aliphatic carbocycles. The molecule has 0 amide bonds. The van der Waals surface area contributed by atoms with Gasteiger partial charge in [0.1, 0.15) is 5.69 Å². The van der Waals surface area contributed by atoms with E-state index in [9.17, 15) is 8.42 Å². The molecule has 3 aromatic rings. The molecule has 0 aliphatic rings. The van der Waals surface area contributed by atoms with Gasteiger partial charge in [0, 0.05) is 0 Å². The lowest BCUT2D eigenvalue weighted by Crippen LogP contribution is -2.11. The van der Waals surface area contributed by atoms with Crippen LogP contribution in [-0.4, -0.2) is 23.8 Å². The van der Waals surface area contributed by atoms with Crippen molar-refractivity contribution in [3.63, 3.8) is 0 Å². The molecule has 0 spiro atoms. The van der Waals surface area contributed by atoms with E-state index in [1.54, 1.807) is 18.3 Å². The highest BCUT2D eigenvalue weighted by Gasteiger charge is 2.07. The summed E-state index contributed by atoms with van der Waals surface area (Å²) in [5, 5.41) is 15.3. The highest BCUT2D eigenvalue weighted by molar-refractivity contribution is 7.89. The molecule has 1 heterocycles. The number of H-pyrrole nitrogens is 1. The molecular weight excluding hydrogens is 312 g/mol. The first kappa shape index (κ1) is 15.1. The summed E-state index contributed by atoms with van der Waals surface area (Å²) < 4.78 is 22.5. The second-order valence-corrected chi connectivity index (χ2v) is 6.48. The average Bonchev–Trinajstić information content (AvgIpc) is 3.06. The number of hydrogen-bond donors (Lipinski definition) is 2. The smallest absolute Gasteiger partial charge is 0.225 e. The van der Waals surface area contributed by atoms with Gasteiger partial charge in [0.25, 0.3) is 0 Å². The van der Waals surface area contributed by atoms with Crippen LogP contribution in [0.2, 0.25) is 0 Å². The van der Waals surface area contributed by atoms with Crippen LogP contribution in [0.15, 0.2) is 59.6 Å². The zero-order valence-electron chi connectivity index (χ0n) is 12.0. The molecule has 1 aromatic heterocycles. The summed E-state index contributed by atoms with van der Waals surface area (Å²) in [5.41, 5.74) is 3.69. The number of benzene rings is 2. The Hall–Kier alpha value is -2.77. The van der Waals surface area contributed by atoms with Crippen molar-refractivity contribution in [1.82, 2.24) is 15.4 Å². The third-order valence-corrected chi connectivity index (χ3v) is 4.24. The van der Waals surface area contributed by atoms with Crippen molar-refractivity contribution in [3.05, 3.63) is 66.0 Å². The summed E-state index contributed by atoms with van der Waals surface area (Å²) in [7, 11) is -3.66. The molecule has 0 unspecified atom stereocenters. The molecule has 0 atom stereocenters. The van der Waals surface area contributed by atoms with E-state index >= 15 is 0 Å². The molecule has 0 bridgehead atoms. The van der Waals surface area contributed by atoms with E-state index in [-0.39, 0.29) is 4.90 Å². The number of nitrogens with zero attached hydrogens (tertiary/aromatic N) is 2. The molecule has 0 saturated heterocycles. The zero-order chi connectivity index (χ0) is 16.3. The Kier molecular flexibility index (Phi) is 4.05. The lowest BCUT2D eigenvalue weighted by atomic mass is 10.0. The average molecular weight is 326 g/mol. The van der Waals surface area contributed by atoms with Crippen molar-refractivity contribution in [2.45, 2.75) is 4.90 Å². The second-order valence-electron chi connectivity index (χ2n) is 4.92. The molecule has 23 heavy (non-hydrogen) atoms. The molecule has 0 saturated carbocycles. The van der Waals surface area contributed by atoms with Crippen molar-refractivity contribution in [2.75, 3.05) is 0 Å². The Balaban J connectivity index is 1.79. The zero-order valence-corrected chi connectivity index (χ0v) is 12.9.